The van der Waals surface area contributed by atoms with Crippen LogP contribution in [0.4, 0.5) is 0 Å². The van der Waals surface area contributed by atoms with E-state index in [1.807, 2.05) is 0 Å². The van der Waals surface area contributed by atoms with E-state index in [2.05, 4.69) is 24.3 Å². The Kier molecular flexibility index (Phi) is 4.49. The average molecular weight is 225 g/mol. The van der Waals surface area contributed by atoms with E-state index in [0.29, 0.717) is 11.5 Å². The number of rotatable bonds is 5. The van der Waals surface area contributed by atoms with E-state index in [1.54, 1.807) is 17.9 Å². The van der Waals surface area contributed by atoms with Gasteiger partial charge in [0.05, 0.1) is 24.4 Å². The van der Waals surface area contributed by atoms with Crippen LogP contribution in [0.5, 0.6) is 0 Å². The van der Waals surface area contributed by atoms with Crippen LogP contribution in [0.25, 0.3) is 0 Å². The van der Waals surface area contributed by atoms with Gasteiger partial charge in [-0.2, -0.15) is 5.10 Å². The van der Waals surface area contributed by atoms with Crippen LogP contribution in [-0.4, -0.2) is 33.4 Å². The molecule has 0 saturated heterocycles. The third-order valence-electron chi connectivity index (χ3n) is 2.28. The highest BCUT2D eigenvalue weighted by molar-refractivity contribution is 5.93. The quantitative estimate of drug-likeness (QED) is 0.769. The molecule has 0 aliphatic rings. The zero-order chi connectivity index (χ0) is 12.1. The summed E-state index contributed by atoms with van der Waals surface area (Å²) < 4.78 is 1.57. The van der Waals surface area contributed by atoms with Crippen molar-refractivity contribution in [3.8, 4) is 0 Å². The minimum absolute atomic E-state index is 0.0375. The Labute approximate surface area is 95.5 Å². The van der Waals surface area contributed by atoms with Crippen molar-refractivity contribution in [3.05, 3.63) is 18.0 Å². The summed E-state index contributed by atoms with van der Waals surface area (Å²) in [6.07, 6.45) is 3.93. The Balaban J connectivity index is 2.55. The second kappa shape index (κ2) is 5.65. The highest BCUT2D eigenvalue weighted by Crippen LogP contribution is 2.05. The van der Waals surface area contributed by atoms with Crippen molar-refractivity contribution in [1.82, 2.24) is 15.1 Å². The van der Waals surface area contributed by atoms with E-state index in [1.165, 1.54) is 6.20 Å². The van der Waals surface area contributed by atoms with Gasteiger partial charge in [0.15, 0.2) is 0 Å². The molecule has 0 spiro atoms. The molecule has 0 saturated carbocycles. The summed E-state index contributed by atoms with van der Waals surface area (Å²) in [4.78, 5) is 11.7. The second-order valence-corrected chi connectivity index (χ2v) is 4.39. The molecule has 0 aliphatic heterocycles. The van der Waals surface area contributed by atoms with Crippen LogP contribution in [0.3, 0.4) is 0 Å². The number of aliphatic hydroxyl groups is 1. The van der Waals surface area contributed by atoms with E-state index in [-0.39, 0.29) is 18.6 Å². The number of hydrogen-bond donors (Lipinski definition) is 2. The highest BCUT2D eigenvalue weighted by atomic mass is 16.3. The highest BCUT2D eigenvalue weighted by Gasteiger charge is 2.15. The van der Waals surface area contributed by atoms with Crippen molar-refractivity contribution in [2.45, 2.75) is 26.3 Å². The van der Waals surface area contributed by atoms with Crippen LogP contribution in [0.15, 0.2) is 12.4 Å². The molecule has 2 N–H and O–H groups in total. The standard InChI is InChI=1S/C11H19N3O2/c1-8(2)4-10(7-15)13-11(16)9-5-12-14(3)6-9/h5-6,8,10,15H,4,7H2,1-3H3,(H,13,16). The number of amides is 1. The Hall–Kier alpha value is -1.36. The molecule has 0 aliphatic carbocycles. The van der Waals surface area contributed by atoms with Crippen LogP contribution >= 0.6 is 0 Å². The maximum atomic E-state index is 11.7. The van der Waals surface area contributed by atoms with Gasteiger partial charge in [-0.25, -0.2) is 0 Å². The zero-order valence-corrected chi connectivity index (χ0v) is 9.97. The molecule has 0 aromatic carbocycles. The van der Waals surface area contributed by atoms with E-state index in [0.717, 1.165) is 6.42 Å². The first kappa shape index (κ1) is 12.7. The predicted molar refractivity (Wildman–Crippen MR) is 61.0 cm³/mol. The van der Waals surface area contributed by atoms with E-state index in [4.69, 9.17) is 5.11 Å². The van der Waals surface area contributed by atoms with Crippen molar-refractivity contribution < 1.29 is 9.90 Å². The van der Waals surface area contributed by atoms with Gasteiger partial charge in [0.25, 0.3) is 5.91 Å². The average Bonchev–Trinajstić information content (AvgIpc) is 2.63. The first-order valence-corrected chi connectivity index (χ1v) is 5.43. The fourth-order valence-electron chi connectivity index (χ4n) is 1.56. The number of nitrogens with one attached hydrogen (secondary N) is 1. The molecule has 1 amide bonds. The first-order chi connectivity index (χ1) is 7.52. The molecular weight excluding hydrogens is 206 g/mol. The topological polar surface area (TPSA) is 67.2 Å². The van der Waals surface area contributed by atoms with Crippen molar-refractivity contribution in [1.29, 1.82) is 0 Å². The van der Waals surface area contributed by atoms with Crippen molar-refractivity contribution in [2.75, 3.05) is 6.61 Å². The van der Waals surface area contributed by atoms with Gasteiger partial charge < -0.3 is 10.4 Å². The minimum atomic E-state index is -0.187. The normalized spacial score (nSPS) is 12.8. The third kappa shape index (κ3) is 3.66. The lowest BCUT2D eigenvalue weighted by molar-refractivity contribution is 0.0908. The first-order valence-electron chi connectivity index (χ1n) is 5.43. The molecular formula is C11H19N3O2. The lowest BCUT2D eigenvalue weighted by atomic mass is 10.0. The van der Waals surface area contributed by atoms with Crippen LogP contribution in [-0.2, 0) is 7.05 Å². The molecule has 90 valence electrons. The van der Waals surface area contributed by atoms with Gasteiger partial charge in [-0.1, -0.05) is 13.8 Å². The van der Waals surface area contributed by atoms with Gasteiger partial charge in [-0.05, 0) is 12.3 Å². The molecule has 1 atom stereocenters. The van der Waals surface area contributed by atoms with Crippen LogP contribution in [0.2, 0.25) is 0 Å². The summed E-state index contributed by atoms with van der Waals surface area (Å²) in [7, 11) is 1.76. The van der Waals surface area contributed by atoms with Crippen molar-refractivity contribution in [2.24, 2.45) is 13.0 Å². The van der Waals surface area contributed by atoms with Crippen molar-refractivity contribution >= 4 is 5.91 Å². The van der Waals surface area contributed by atoms with E-state index in [9.17, 15) is 4.79 Å². The summed E-state index contributed by atoms with van der Waals surface area (Å²) >= 11 is 0. The fourth-order valence-corrected chi connectivity index (χ4v) is 1.56. The summed E-state index contributed by atoms with van der Waals surface area (Å²) in [5.74, 6) is 0.249. The van der Waals surface area contributed by atoms with Crippen LogP contribution in [0, 0.1) is 5.92 Å². The molecule has 1 unspecified atom stereocenters. The third-order valence-corrected chi connectivity index (χ3v) is 2.28. The van der Waals surface area contributed by atoms with Gasteiger partial charge >= 0.3 is 0 Å². The van der Waals surface area contributed by atoms with Gasteiger partial charge in [0, 0.05) is 13.2 Å². The Morgan fingerprint density at radius 3 is 2.75 bits per heavy atom. The molecule has 5 nitrogen and oxygen atoms in total. The van der Waals surface area contributed by atoms with E-state index >= 15 is 0 Å². The molecule has 5 heteroatoms. The molecule has 0 fully saturated rings. The molecule has 1 heterocycles. The van der Waals surface area contributed by atoms with Crippen LogP contribution < -0.4 is 5.32 Å². The Morgan fingerprint density at radius 2 is 2.31 bits per heavy atom. The fraction of sp³-hybridized carbons (Fsp3) is 0.636. The second-order valence-electron chi connectivity index (χ2n) is 4.39. The summed E-state index contributed by atoms with van der Waals surface area (Å²) in [6.45, 7) is 4.07. The lowest BCUT2D eigenvalue weighted by Crippen LogP contribution is -2.38. The number of aryl methyl sites for hydroxylation is 1. The predicted octanol–water partition coefficient (Wildman–Crippen LogP) is 0.557. The largest absolute Gasteiger partial charge is 0.394 e. The monoisotopic (exact) mass is 225 g/mol. The molecule has 16 heavy (non-hydrogen) atoms. The molecule has 1 aromatic rings. The number of aromatic nitrogens is 2. The minimum Gasteiger partial charge on any atom is -0.394 e. The number of hydrogen-bond acceptors (Lipinski definition) is 3. The maximum absolute atomic E-state index is 11.7. The summed E-state index contributed by atoms with van der Waals surface area (Å²) in [5.41, 5.74) is 0.518. The number of carbonyl (C=O) groups excluding carboxylic acids is 1. The summed E-state index contributed by atoms with van der Waals surface area (Å²) in [6, 6.07) is -0.187. The smallest absolute Gasteiger partial charge is 0.254 e. The Morgan fingerprint density at radius 1 is 1.62 bits per heavy atom. The van der Waals surface area contributed by atoms with E-state index < -0.39 is 0 Å². The molecule has 1 aromatic heterocycles. The number of carbonyl (C=O) groups is 1. The SMILES string of the molecule is CC(C)CC(CO)NC(=O)c1cnn(C)c1. The van der Waals surface area contributed by atoms with Gasteiger partial charge in [0.1, 0.15) is 0 Å². The van der Waals surface area contributed by atoms with Gasteiger partial charge in [-0.15, -0.1) is 0 Å². The van der Waals surface area contributed by atoms with Crippen LogP contribution in [0.1, 0.15) is 30.6 Å². The van der Waals surface area contributed by atoms with Gasteiger partial charge in [0.2, 0.25) is 0 Å². The zero-order valence-electron chi connectivity index (χ0n) is 9.97. The lowest BCUT2D eigenvalue weighted by Gasteiger charge is -2.17. The molecule has 1 rings (SSSR count). The Bertz CT molecular complexity index is 347. The number of aliphatic hydroxyl groups excluding tert-OH is 1. The summed E-state index contributed by atoms with van der Waals surface area (Å²) in [5, 5.41) is 15.9. The van der Waals surface area contributed by atoms with Gasteiger partial charge in [-0.3, -0.25) is 9.48 Å². The molecule has 0 bridgehead atoms. The maximum Gasteiger partial charge on any atom is 0.254 e. The van der Waals surface area contributed by atoms with Crippen molar-refractivity contribution in [3.63, 3.8) is 0 Å². The molecule has 0 radical (unpaired) electrons. The number of nitrogens with zero attached hydrogens (tertiary/aromatic N) is 2.